The van der Waals surface area contributed by atoms with Gasteiger partial charge in [-0.1, -0.05) is 6.92 Å². The minimum Gasteiger partial charge on any atom is -0.440 e. The van der Waals surface area contributed by atoms with Gasteiger partial charge in [0.2, 0.25) is 0 Å². The van der Waals surface area contributed by atoms with E-state index >= 15 is 0 Å². The van der Waals surface area contributed by atoms with Crippen LogP contribution in [0.2, 0.25) is 0 Å². The molecule has 1 N–H and O–H groups in total. The number of nitro benzene ring substituents is 1. The number of oxazole rings is 1. The normalized spacial score (nSPS) is 10.4. The van der Waals surface area contributed by atoms with Crippen LogP contribution in [0, 0.1) is 10.1 Å². The Morgan fingerprint density at radius 3 is 2.95 bits per heavy atom. The molecule has 0 atom stereocenters. The lowest BCUT2D eigenvalue weighted by Gasteiger charge is -2.06. The van der Waals surface area contributed by atoms with Gasteiger partial charge in [0.1, 0.15) is 6.26 Å². The predicted octanol–water partition coefficient (Wildman–Crippen LogP) is 3.56. The Balaban J connectivity index is 2.25. The second kappa shape index (κ2) is 6.24. The fourth-order valence-electron chi connectivity index (χ4n) is 1.48. The molecule has 0 spiro atoms. The molecule has 0 amide bonds. The van der Waals surface area contributed by atoms with Gasteiger partial charge in [-0.3, -0.25) is 10.1 Å². The highest BCUT2D eigenvalue weighted by Gasteiger charge is 2.12. The Labute approximate surface area is 114 Å². The summed E-state index contributed by atoms with van der Waals surface area (Å²) in [5.74, 6) is 0. The number of hydrogen-bond acceptors (Lipinski definition) is 6. The Morgan fingerprint density at radius 2 is 2.32 bits per heavy atom. The van der Waals surface area contributed by atoms with Gasteiger partial charge in [0, 0.05) is 29.3 Å². The first-order valence-electron chi connectivity index (χ1n) is 5.79. The zero-order chi connectivity index (χ0) is 13.7. The fourth-order valence-corrected chi connectivity index (χ4v) is 2.27. The van der Waals surface area contributed by atoms with Crippen LogP contribution in [0.4, 0.5) is 11.4 Å². The fraction of sp³-hybridized carbons (Fsp3) is 0.250. The van der Waals surface area contributed by atoms with Crippen LogP contribution in [-0.4, -0.2) is 16.5 Å². The molecule has 0 fully saturated rings. The van der Waals surface area contributed by atoms with Crippen LogP contribution < -0.4 is 5.32 Å². The molecule has 1 aromatic carbocycles. The van der Waals surface area contributed by atoms with Gasteiger partial charge in [-0.2, -0.15) is 0 Å². The van der Waals surface area contributed by atoms with Gasteiger partial charge in [-0.15, -0.1) is 0 Å². The molecular weight excluding hydrogens is 266 g/mol. The molecule has 6 nitrogen and oxygen atoms in total. The van der Waals surface area contributed by atoms with Crippen LogP contribution in [0.1, 0.15) is 13.3 Å². The Hall–Kier alpha value is -2.02. The van der Waals surface area contributed by atoms with Crippen LogP contribution in [0.3, 0.4) is 0 Å². The topological polar surface area (TPSA) is 81.2 Å². The third kappa shape index (κ3) is 3.72. The monoisotopic (exact) mass is 279 g/mol. The first-order valence-corrected chi connectivity index (χ1v) is 6.61. The lowest BCUT2D eigenvalue weighted by Crippen LogP contribution is -2.00. The number of benzene rings is 1. The average molecular weight is 279 g/mol. The van der Waals surface area contributed by atoms with Gasteiger partial charge >= 0.3 is 0 Å². The summed E-state index contributed by atoms with van der Waals surface area (Å²) in [5.41, 5.74) is 0.778. The minimum absolute atomic E-state index is 0.0511. The average Bonchev–Trinajstić information content (AvgIpc) is 2.89. The van der Waals surface area contributed by atoms with Gasteiger partial charge in [0.25, 0.3) is 10.9 Å². The van der Waals surface area contributed by atoms with Gasteiger partial charge in [-0.05, 0) is 24.2 Å². The Morgan fingerprint density at radius 1 is 1.47 bits per heavy atom. The molecule has 100 valence electrons. The van der Waals surface area contributed by atoms with Crippen LogP contribution in [0.15, 0.2) is 45.2 Å². The molecule has 2 aromatic rings. The van der Waals surface area contributed by atoms with Crippen molar-refractivity contribution in [3.63, 3.8) is 0 Å². The quantitative estimate of drug-likeness (QED) is 0.643. The summed E-state index contributed by atoms with van der Waals surface area (Å²) in [5, 5.41) is 14.5. The van der Waals surface area contributed by atoms with Crippen molar-refractivity contribution in [1.29, 1.82) is 0 Å². The lowest BCUT2D eigenvalue weighted by molar-refractivity contribution is -0.385. The van der Waals surface area contributed by atoms with Gasteiger partial charge in [0.05, 0.1) is 11.1 Å². The predicted molar refractivity (Wildman–Crippen MR) is 72.5 cm³/mol. The van der Waals surface area contributed by atoms with E-state index in [9.17, 15) is 10.1 Å². The van der Waals surface area contributed by atoms with Crippen molar-refractivity contribution in [1.82, 2.24) is 4.98 Å². The SMILES string of the molecule is CCCNc1cc(Sc2ncco2)cc([N+](=O)[O-])c1. The third-order valence-corrected chi connectivity index (χ3v) is 3.14. The maximum atomic E-state index is 10.9. The Bertz CT molecular complexity index is 557. The molecule has 1 heterocycles. The van der Waals surface area contributed by atoms with Crippen LogP contribution in [0.5, 0.6) is 0 Å². The molecule has 1 aromatic heterocycles. The number of hydrogen-bond donors (Lipinski definition) is 1. The summed E-state index contributed by atoms with van der Waals surface area (Å²) in [6.07, 6.45) is 3.96. The molecule has 0 saturated heterocycles. The van der Waals surface area contributed by atoms with Gasteiger partial charge in [-0.25, -0.2) is 4.98 Å². The highest BCUT2D eigenvalue weighted by atomic mass is 32.2. The number of nitrogens with one attached hydrogen (secondary N) is 1. The maximum absolute atomic E-state index is 10.9. The summed E-state index contributed by atoms with van der Waals surface area (Å²) in [4.78, 5) is 15.2. The summed E-state index contributed by atoms with van der Waals surface area (Å²) in [7, 11) is 0. The first kappa shape index (κ1) is 13.4. The highest BCUT2D eigenvalue weighted by molar-refractivity contribution is 7.99. The number of nitro groups is 1. The van der Waals surface area contributed by atoms with Gasteiger partial charge < -0.3 is 9.73 Å². The maximum Gasteiger partial charge on any atom is 0.272 e. The van der Waals surface area contributed by atoms with E-state index in [1.54, 1.807) is 0 Å². The van der Waals surface area contributed by atoms with E-state index in [0.29, 0.717) is 5.22 Å². The molecule has 19 heavy (non-hydrogen) atoms. The molecule has 0 bridgehead atoms. The largest absolute Gasteiger partial charge is 0.440 e. The molecule has 0 radical (unpaired) electrons. The van der Waals surface area contributed by atoms with E-state index in [2.05, 4.69) is 10.3 Å². The van der Waals surface area contributed by atoms with Crippen molar-refractivity contribution < 1.29 is 9.34 Å². The van der Waals surface area contributed by atoms with E-state index in [1.807, 2.05) is 13.0 Å². The highest BCUT2D eigenvalue weighted by Crippen LogP contribution is 2.32. The molecule has 2 rings (SSSR count). The smallest absolute Gasteiger partial charge is 0.272 e. The molecule has 7 heteroatoms. The van der Waals surface area contributed by atoms with Crippen LogP contribution in [-0.2, 0) is 0 Å². The summed E-state index contributed by atoms with van der Waals surface area (Å²) in [6, 6.07) is 4.87. The standard InChI is InChI=1S/C12H13N3O3S/c1-2-3-13-9-6-10(15(16)17)8-11(7-9)19-12-14-4-5-18-12/h4-8,13H,2-3H2,1H3. The lowest BCUT2D eigenvalue weighted by atomic mass is 10.2. The number of nitrogens with zero attached hydrogens (tertiary/aromatic N) is 2. The van der Waals surface area contributed by atoms with Crippen molar-refractivity contribution in [3.8, 4) is 0 Å². The van der Waals surface area contributed by atoms with Crippen molar-refractivity contribution in [3.05, 3.63) is 40.8 Å². The van der Waals surface area contributed by atoms with Crippen molar-refractivity contribution >= 4 is 23.1 Å². The number of rotatable bonds is 6. The molecular formula is C12H13N3O3S. The van der Waals surface area contributed by atoms with Gasteiger partial charge in [0.15, 0.2) is 0 Å². The number of non-ortho nitro benzene ring substituents is 1. The molecule has 0 aliphatic carbocycles. The first-order chi connectivity index (χ1) is 9.19. The molecule has 0 unspecified atom stereocenters. The van der Waals surface area contributed by atoms with Crippen molar-refractivity contribution in [2.24, 2.45) is 0 Å². The summed E-state index contributed by atoms with van der Waals surface area (Å²) < 4.78 is 5.12. The third-order valence-electron chi connectivity index (χ3n) is 2.30. The van der Waals surface area contributed by atoms with Crippen molar-refractivity contribution in [2.45, 2.75) is 23.5 Å². The summed E-state index contributed by atoms with van der Waals surface area (Å²) >= 11 is 1.25. The van der Waals surface area contributed by atoms with E-state index in [0.717, 1.165) is 23.5 Å². The van der Waals surface area contributed by atoms with Crippen molar-refractivity contribution in [2.75, 3.05) is 11.9 Å². The minimum atomic E-state index is -0.406. The van der Waals surface area contributed by atoms with Crippen LogP contribution in [0.25, 0.3) is 0 Å². The number of aromatic nitrogens is 1. The zero-order valence-electron chi connectivity index (χ0n) is 10.3. The number of anilines is 1. The molecule has 0 saturated carbocycles. The van der Waals surface area contributed by atoms with E-state index in [-0.39, 0.29) is 5.69 Å². The van der Waals surface area contributed by atoms with E-state index in [1.165, 1.54) is 36.4 Å². The van der Waals surface area contributed by atoms with Crippen LogP contribution >= 0.6 is 11.8 Å². The second-order valence-corrected chi connectivity index (χ2v) is 4.82. The Kier molecular flexibility index (Phi) is 4.40. The molecule has 0 aliphatic heterocycles. The zero-order valence-corrected chi connectivity index (χ0v) is 11.1. The second-order valence-electron chi connectivity index (χ2n) is 3.80. The summed E-state index contributed by atoms with van der Waals surface area (Å²) in [6.45, 7) is 2.80. The molecule has 0 aliphatic rings. The van der Waals surface area contributed by atoms with E-state index in [4.69, 9.17) is 4.42 Å². The van der Waals surface area contributed by atoms with E-state index < -0.39 is 4.92 Å².